The average molecular weight is 428 g/mol. The van der Waals surface area contributed by atoms with Gasteiger partial charge in [0.15, 0.2) is 17.8 Å². The van der Waals surface area contributed by atoms with Crippen LogP contribution in [0.15, 0.2) is 18.2 Å². The van der Waals surface area contributed by atoms with Gasteiger partial charge in [-0.25, -0.2) is 0 Å². The highest BCUT2D eigenvalue weighted by molar-refractivity contribution is 5.46. The van der Waals surface area contributed by atoms with Crippen molar-refractivity contribution < 1.29 is 44.1 Å². The lowest BCUT2D eigenvalue weighted by Gasteiger charge is -2.39. The fourth-order valence-corrected chi connectivity index (χ4v) is 3.55. The zero-order chi connectivity index (χ0) is 21.3. The number of benzene rings is 1. The van der Waals surface area contributed by atoms with Gasteiger partial charge < -0.3 is 44.1 Å². The van der Waals surface area contributed by atoms with Crippen molar-refractivity contribution in [2.45, 2.75) is 69.2 Å². The van der Waals surface area contributed by atoms with Crippen LogP contribution in [-0.4, -0.2) is 77.7 Å². The summed E-state index contributed by atoms with van der Waals surface area (Å²) in [6, 6.07) is 5.57. The largest absolute Gasteiger partial charge is 0.493 e. The van der Waals surface area contributed by atoms with E-state index in [1.54, 1.807) is 0 Å². The van der Waals surface area contributed by atoms with Gasteiger partial charge >= 0.3 is 0 Å². The molecule has 0 amide bonds. The van der Waals surface area contributed by atoms with Crippen molar-refractivity contribution >= 4 is 0 Å². The molecule has 1 aromatic rings. The van der Waals surface area contributed by atoms with E-state index in [0.717, 1.165) is 55.8 Å². The molecule has 2 heterocycles. The second-order valence-corrected chi connectivity index (χ2v) is 7.55. The summed E-state index contributed by atoms with van der Waals surface area (Å²) < 4.78 is 26.8. The predicted molar refractivity (Wildman–Crippen MR) is 105 cm³/mol. The van der Waals surface area contributed by atoms with Crippen LogP contribution in [0.25, 0.3) is 0 Å². The van der Waals surface area contributed by atoms with Crippen LogP contribution in [0, 0.1) is 0 Å². The van der Waals surface area contributed by atoms with Crippen molar-refractivity contribution in [3.05, 3.63) is 18.2 Å². The lowest BCUT2D eigenvalue weighted by atomic mass is 9.99. The average Bonchev–Trinajstić information content (AvgIpc) is 3.22. The maximum atomic E-state index is 10.1. The van der Waals surface area contributed by atoms with E-state index in [1.807, 2.05) is 18.2 Å². The molecule has 1 saturated heterocycles. The first-order chi connectivity index (χ1) is 14.6. The number of rotatable bonds is 12. The summed E-state index contributed by atoms with van der Waals surface area (Å²) in [6.07, 6.45) is -0.0334. The molecule has 0 aromatic heterocycles. The van der Waals surface area contributed by atoms with Crippen molar-refractivity contribution in [3.8, 4) is 17.2 Å². The van der Waals surface area contributed by atoms with E-state index in [9.17, 15) is 15.3 Å². The molecule has 0 spiro atoms. The second-order valence-electron chi connectivity index (χ2n) is 7.55. The van der Waals surface area contributed by atoms with E-state index < -0.39 is 37.3 Å². The Bertz CT molecular complexity index is 641. The van der Waals surface area contributed by atoms with Crippen LogP contribution >= 0.6 is 0 Å². The van der Waals surface area contributed by atoms with Gasteiger partial charge in [0.25, 0.3) is 0 Å². The van der Waals surface area contributed by atoms with Crippen molar-refractivity contribution in [1.29, 1.82) is 0 Å². The Kier molecular flexibility index (Phi) is 8.98. The fourth-order valence-electron chi connectivity index (χ4n) is 3.55. The smallest absolute Gasteiger partial charge is 0.231 e. The Hall–Kier alpha value is -1.62. The lowest BCUT2D eigenvalue weighted by Crippen LogP contribution is -2.59. The van der Waals surface area contributed by atoms with Gasteiger partial charge in [0, 0.05) is 12.7 Å². The highest BCUT2D eigenvalue weighted by Crippen LogP contribution is 2.35. The Labute approximate surface area is 176 Å². The molecule has 2 aliphatic heterocycles. The van der Waals surface area contributed by atoms with E-state index in [0.29, 0.717) is 13.2 Å². The minimum absolute atomic E-state index is 0.255. The normalized spacial score (nSPS) is 27.9. The molecule has 1 fully saturated rings. The minimum Gasteiger partial charge on any atom is -0.493 e. The summed E-state index contributed by atoms with van der Waals surface area (Å²) in [5.74, 6) is 2.25. The first-order valence-electron chi connectivity index (χ1n) is 10.5. The molecule has 30 heavy (non-hydrogen) atoms. The minimum atomic E-state index is -1.48. The summed E-state index contributed by atoms with van der Waals surface area (Å²) >= 11 is 0. The number of aliphatic hydroxyl groups is 4. The molecule has 1 unspecified atom stereocenters. The van der Waals surface area contributed by atoms with Crippen molar-refractivity contribution in [3.63, 3.8) is 0 Å². The summed E-state index contributed by atoms with van der Waals surface area (Å²) in [5, 5.41) is 38.8. The molecule has 0 aliphatic carbocycles. The Morgan fingerprint density at radius 2 is 1.57 bits per heavy atom. The molecular weight excluding hydrogens is 396 g/mol. The van der Waals surface area contributed by atoms with Crippen LogP contribution in [-0.2, 0) is 9.47 Å². The van der Waals surface area contributed by atoms with Crippen LogP contribution in [0.5, 0.6) is 17.2 Å². The Morgan fingerprint density at radius 1 is 0.867 bits per heavy atom. The highest BCUT2D eigenvalue weighted by atomic mass is 16.7. The number of hydrogen-bond acceptors (Lipinski definition) is 9. The molecular formula is C21H32O9. The zero-order valence-corrected chi connectivity index (χ0v) is 17.0. The fraction of sp³-hybridized carbons (Fsp3) is 0.714. The molecule has 4 N–H and O–H groups in total. The summed E-state index contributed by atoms with van der Waals surface area (Å²) in [5.41, 5.74) is 0. The highest BCUT2D eigenvalue weighted by Gasteiger charge is 2.44. The quantitative estimate of drug-likeness (QED) is 0.360. The number of unbranched alkanes of at least 4 members (excludes halogenated alkanes) is 5. The van der Waals surface area contributed by atoms with Crippen molar-refractivity contribution in [2.24, 2.45) is 0 Å². The number of aliphatic hydroxyl groups excluding tert-OH is 4. The number of hydrogen-bond donors (Lipinski definition) is 4. The monoisotopic (exact) mass is 428 g/mol. The van der Waals surface area contributed by atoms with E-state index in [-0.39, 0.29) is 6.79 Å². The van der Waals surface area contributed by atoms with E-state index in [1.165, 1.54) is 0 Å². The molecule has 3 rings (SSSR count). The molecule has 9 nitrogen and oxygen atoms in total. The van der Waals surface area contributed by atoms with Crippen molar-refractivity contribution in [1.82, 2.24) is 0 Å². The molecule has 0 bridgehead atoms. The van der Waals surface area contributed by atoms with Gasteiger partial charge in [-0.2, -0.15) is 0 Å². The molecule has 5 atom stereocenters. The van der Waals surface area contributed by atoms with Gasteiger partial charge in [0.2, 0.25) is 6.79 Å². The summed E-state index contributed by atoms with van der Waals surface area (Å²) in [4.78, 5) is 0. The van der Waals surface area contributed by atoms with Gasteiger partial charge in [0.05, 0.1) is 13.2 Å². The topological polar surface area (TPSA) is 127 Å². The first kappa shape index (κ1) is 23.1. The third-order valence-electron chi connectivity index (χ3n) is 5.30. The van der Waals surface area contributed by atoms with Gasteiger partial charge in [-0.05, 0) is 25.0 Å². The third kappa shape index (κ3) is 6.19. The standard InChI is InChI=1S/C21H32O9/c22-12-17-18(23)20(19(24)21(25)30-17)27-10-6-4-2-1-3-5-9-26-14-7-8-15-16(11-14)29-13-28-15/h7-8,11,17-25H,1-6,9-10,12-13H2/t17-,18-,19-,20+,21?/m1/s1. The summed E-state index contributed by atoms with van der Waals surface area (Å²) in [7, 11) is 0. The van der Waals surface area contributed by atoms with Gasteiger partial charge in [-0.15, -0.1) is 0 Å². The van der Waals surface area contributed by atoms with E-state index in [2.05, 4.69) is 0 Å². The second kappa shape index (κ2) is 11.7. The number of ether oxygens (including phenoxy) is 5. The van der Waals surface area contributed by atoms with Crippen LogP contribution in [0.3, 0.4) is 0 Å². The maximum absolute atomic E-state index is 10.1. The van der Waals surface area contributed by atoms with Crippen LogP contribution in [0.4, 0.5) is 0 Å². The first-order valence-corrected chi connectivity index (χ1v) is 10.5. The molecule has 170 valence electrons. The molecule has 2 aliphatic rings. The Balaban J connectivity index is 1.20. The maximum Gasteiger partial charge on any atom is 0.231 e. The Morgan fingerprint density at radius 3 is 2.33 bits per heavy atom. The third-order valence-corrected chi connectivity index (χ3v) is 5.30. The van der Waals surface area contributed by atoms with E-state index in [4.69, 9.17) is 28.8 Å². The molecule has 0 radical (unpaired) electrons. The van der Waals surface area contributed by atoms with Crippen molar-refractivity contribution in [2.75, 3.05) is 26.6 Å². The molecule has 9 heteroatoms. The summed E-state index contributed by atoms with van der Waals surface area (Å²) in [6.45, 7) is 0.807. The van der Waals surface area contributed by atoms with E-state index >= 15 is 0 Å². The van der Waals surface area contributed by atoms with Crippen LogP contribution in [0.1, 0.15) is 38.5 Å². The van der Waals surface area contributed by atoms with Crippen LogP contribution in [0.2, 0.25) is 0 Å². The lowest BCUT2D eigenvalue weighted by molar-refractivity contribution is -0.294. The molecule has 0 saturated carbocycles. The number of fused-ring (bicyclic) bond motifs is 1. The van der Waals surface area contributed by atoms with Gasteiger partial charge in [-0.1, -0.05) is 25.7 Å². The van der Waals surface area contributed by atoms with Crippen LogP contribution < -0.4 is 14.2 Å². The van der Waals surface area contributed by atoms with Gasteiger partial charge in [-0.3, -0.25) is 0 Å². The SMILES string of the molecule is OC[C@H]1OC(O)[C@H](O)[C@@H](OCCCCCCCCOc2ccc3c(c2)OCO3)[C@@H]1O. The van der Waals surface area contributed by atoms with Gasteiger partial charge in [0.1, 0.15) is 30.2 Å². The molecule has 1 aromatic carbocycles. The predicted octanol–water partition coefficient (Wildman–Crippen LogP) is 0.951. The zero-order valence-electron chi connectivity index (χ0n) is 17.0.